The fraction of sp³-hybridized carbons (Fsp3) is 0. The summed E-state index contributed by atoms with van der Waals surface area (Å²) >= 11 is 4.46. The standard InChI is InChI=1S/C11H8BrN3O2S/c12-7-1-2-8(6(3-7)5-16)18-11-14-9(13)4-10(17)15-11/h1-5H,(H3,13,14,15,17). The van der Waals surface area contributed by atoms with E-state index < -0.39 is 0 Å². The lowest BCUT2D eigenvalue weighted by Gasteiger charge is -2.04. The molecule has 1 aromatic carbocycles. The van der Waals surface area contributed by atoms with Crippen molar-refractivity contribution in [2.75, 3.05) is 5.73 Å². The molecule has 5 nitrogen and oxygen atoms in total. The van der Waals surface area contributed by atoms with Gasteiger partial charge in [-0.15, -0.1) is 0 Å². The van der Waals surface area contributed by atoms with Gasteiger partial charge in [0, 0.05) is 21.0 Å². The van der Waals surface area contributed by atoms with E-state index in [1.165, 1.54) is 17.8 Å². The second-order valence-corrected chi connectivity index (χ2v) is 5.32. The minimum Gasteiger partial charge on any atom is -0.383 e. The number of nitrogens with zero attached hydrogens (tertiary/aromatic N) is 1. The van der Waals surface area contributed by atoms with Crippen LogP contribution >= 0.6 is 27.7 Å². The summed E-state index contributed by atoms with van der Waals surface area (Å²) in [6, 6.07) is 6.47. The molecule has 2 aromatic rings. The summed E-state index contributed by atoms with van der Waals surface area (Å²) in [7, 11) is 0. The summed E-state index contributed by atoms with van der Waals surface area (Å²) in [5.74, 6) is 0.144. The Morgan fingerprint density at radius 3 is 2.83 bits per heavy atom. The molecule has 0 bridgehead atoms. The monoisotopic (exact) mass is 325 g/mol. The van der Waals surface area contributed by atoms with E-state index >= 15 is 0 Å². The smallest absolute Gasteiger partial charge is 0.253 e. The van der Waals surface area contributed by atoms with Crippen LogP contribution in [0.1, 0.15) is 10.4 Å². The third-order valence-electron chi connectivity index (χ3n) is 2.05. The molecule has 0 saturated heterocycles. The van der Waals surface area contributed by atoms with Gasteiger partial charge < -0.3 is 10.7 Å². The number of halogens is 1. The van der Waals surface area contributed by atoms with E-state index in [2.05, 4.69) is 25.9 Å². The van der Waals surface area contributed by atoms with Crippen molar-refractivity contribution < 1.29 is 4.79 Å². The first-order valence-electron chi connectivity index (χ1n) is 4.88. The van der Waals surface area contributed by atoms with Crippen molar-refractivity contribution in [1.82, 2.24) is 9.97 Å². The normalized spacial score (nSPS) is 10.3. The molecule has 0 aliphatic carbocycles. The fourth-order valence-corrected chi connectivity index (χ4v) is 2.56. The summed E-state index contributed by atoms with van der Waals surface area (Å²) in [4.78, 5) is 29.4. The summed E-state index contributed by atoms with van der Waals surface area (Å²) < 4.78 is 0.808. The lowest BCUT2D eigenvalue weighted by Crippen LogP contribution is -2.09. The average Bonchev–Trinajstić information content (AvgIpc) is 2.30. The molecule has 1 heterocycles. The molecule has 92 valence electrons. The van der Waals surface area contributed by atoms with Gasteiger partial charge in [-0.3, -0.25) is 9.59 Å². The molecular weight excluding hydrogens is 318 g/mol. The second-order valence-electron chi connectivity index (χ2n) is 3.38. The van der Waals surface area contributed by atoms with Crippen molar-refractivity contribution in [3.05, 3.63) is 44.7 Å². The number of hydrogen-bond acceptors (Lipinski definition) is 5. The molecule has 3 N–H and O–H groups in total. The van der Waals surface area contributed by atoms with Crippen LogP contribution in [0.25, 0.3) is 0 Å². The zero-order chi connectivity index (χ0) is 13.1. The highest BCUT2D eigenvalue weighted by Crippen LogP contribution is 2.28. The maximum absolute atomic E-state index is 11.2. The van der Waals surface area contributed by atoms with E-state index in [4.69, 9.17) is 5.73 Å². The molecule has 2 rings (SSSR count). The Morgan fingerprint density at radius 2 is 2.17 bits per heavy atom. The zero-order valence-corrected chi connectivity index (χ0v) is 11.4. The van der Waals surface area contributed by atoms with Gasteiger partial charge in [0.2, 0.25) is 0 Å². The molecule has 0 atom stereocenters. The molecule has 1 aromatic heterocycles. The summed E-state index contributed by atoms with van der Waals surface area (Å²) in [6.45, 7) is 0. The fourth-order valence-electron chi connectivity index (χ4n) is 1.31. The van der Waals surface area contributed by atoms with Crippen molar-refractivity contribution in [1.29, 1.82) is 0 Å². The number of aromatic nitrogens is 2. The summed E-state index contributed by atoms with van der Waals surface area (Å²) in [6.07, 6.45) is 0.748. The lowest BCUT2D eigenvalue weighted by atomic mass is 10.2. The number of H-pyrrole nitrogens is 1. The molecule has 0 radical (unpaired) electrons. The van der Waals surface area contributed by atoms with Gasteiger partial charge in [0.1, 0.15) is 5.82 Å². The number of hydrogen-bond donors (Lipinski definition) is 2. The van der Waals surface area contributed by atoms with E-state index in [-0.39, 0.29) is 11.4 Å². The van der Waals surface area contributed by atoms with Crippen LogP contribution in [-0.4, -0.2) is 16.3 Å². The molecule has 0 amide bonds. The number of carbonyl (C=O) groups excluding carboxylic acids is 1. The van der Waals surface area contributed by atoms with Crippen molar-refractivity contribution in [3.8, 4) is 0 Å². The van der Waals surface area contributed by atoms with E-state index in [0.29, 0.717) is 15.6 Å². The number of nitrogen functional groups attached to an aromatic ring is 1. The maximum atomic E-state index is 11.2. The topological polar surface area (TPSA) is 88.8 Å². The minimum atomic E-state index is -0.324. The van der Waals surface area contributed by atoms with Crippen LogP contribution < -0.4 is 11.3 Å². The van der Waals surface area contributed by atoms with Crippen LogP contribution in [0.4, 0.5) is 5.82 Å². The third-order valence-corrected chi connectivity index (χ3v) is 3.52. The largest absolute Gasteiger partial charge is 0.383 e. The van der Waals surface area contributed by atoms with Crippen LogP contribution in [0.5, 0.6) is 0 Å². The molecule has 7 heteroatoms. The van der Waals surface area contributed by atoms with Crippen molar-refractivity contribution in [3.63, 3.8) is 0 Å². The highest BCUT2D eigenvalue weighted by atomic mass is 79.9. The Hall–Kier alpha value is -1.60. The van der Waals surface area contributed by atoms with Crippen molar-refractivity contribution >= 4 is 39.8 Å². The van der Waals surface area contributed by atoms with Gasteiger partial charge in [-0.05, 0) is 18.2 Å². The van der Waals surface area contributed by atoms with Crippen molar-refractivity contribution in [2.24, 2.45) is 0 Å². The average molecular weight is 326 g/mol. The van der Waals surface area contributed by atoms with E-state index in [0.717, 1.165) is 10.8 Å². The lowest BCUT2D eigenvalue weighted by molar-refractivity contribution is 0.112. The Labute approximate surface area is 115 Å². The number of rotatable bonds is 3. The first kappa shape index (κ1) is 12.8. The van der Waals surface area contributed by atoms with Gasteiger partial charge >= 0.3 is 0 Å². The quantitative estimate of drug-likeness (QED) is 0.666. The molecule has 0 aliphatic heterocycles. The number of aldehydes is 1. The Bertz CT molecular complexity index is 657. The van der Waals surface area contributed by atoms with E-state index in [1.54, 1.807) is 18.2 Å². The first-order chi connectivity index (χ1) is 8.58. The molecular formula is C11H8BrN3O2S. The Balaban J connectivity index is 2.39. The van der Waals surface area contributed by atoms with E-state index in [9.17, 15) is 9.59 Å². The second kappa shape index (κ2) is 5.36. The van der Waals surface area contributed by atoms with Crippen LogP contribution in [0.2, 0.25) is 0 Å². The Kier molecular flexibility index (Phi) is 3.83. The highest BCUT2D eigenvalue weighted by molar-refractivity contribution is 9.10. The summed E-state index contributed by atoms with van der Waals surface area (Å²) in [5.41, 5.74) is 5.68. The number of nitrogens with two attached hydrogens (primary N) is 1. The van der Waals surface area contributed by atoms with Gasteiger partial charge in [-0.2, -0.15) is 0 Å². The van der Waals surface area contributed by atoms with Gasteiger partial charge in [0.15, 0.2) is 11.4 Å². The zero-order valence-electron chi connectivity index (χ0n) is 9.01. The van der Waals surface area contributed by atoms with Crippen molar-refractivity contribution in [2.45, 2.75) is 10.1 Å². The van der Waals surface area contributed by atoms with Gasteiger partial charge in [-0.25, -0.2) is 4.98 Å². The molecule has 0 fully saturated rings. The maximum Gasteiger partial charge on any atom is 0.253 e. The number of anilines is 1. The predicted molar refractivity (Wildman–Crippen MR) is 72.9 cm³/mol. The van der Waals surface area contributed by atoms with E-state index in [1.807, 2.05) is 0 Å². The van der Waals surface area contributed by atoms with Gasteiger partial charge in [-0.1, -0.05) is 27.7 Å². The van der Waals surface area contributed by atoms with Gasteiger partial charge in [0.25, 0.3) is 5.56 Å². The number of carbonyl (C=O) groups is 1. The molecule has 0 saturated carbocycles. The number of nitrogens with one attached hydrogen (secondary N) is 1. The van der Waals surface area contributed by atoms with Gasteiger partial charge in [0.05, 0.1) is 0 Å². The number of aromatic amines is 1. The van der Waals surface area contributed by atoms with Crippen LogP contribution in [0, 0.1) is 0 Å². The molecule has 0 aliphatic rings. The Morgan fingerprint density at radius 1 is 1.39 bits per heavy atom. The summed E-state index contributed by atoms with van der Waals surface area (Å²) in [5, 5.41) is 0.352. The first-order valence-corrected chi connectivity index (χ1v) is 6.49. The molecule has 0 spiro atoms. The van der Waals surface area contributed by atoms with Crippen LogP contribution in [-0.2, 0) is 0 Å². The molecule has 0 unspecified atom stereocenters. The highest BCUT2D eigenvalue weighted by Gasteiger charge is 2.07. The predicted octanol–water partition coefficient (Wildman–Crippen LogP) is 2.08. The SMILES string of the molecule is Nc1cc(=O)[nH]c(Sc2ccc(Br)cc2C=O)n1. The van der Waals surface area contributed by atoms with Crippen LogP contribution in [0.3, 0.4) is 0 Å². The number of benzene rings is 1. The third kappa shape index (κ3) is 2.99. The van der Waals surface area contributed by atoms with Crippen LogP contribution in [0.15, 0.2) is 43.6 Å². The molecule has 18 heavy (non-hydrogen) atoms. The minimum absolute atomic E-state index is 0.144.